The standard InChI is InChI=1S/C10H26N2O2Si/c1-9(2,3)13-15(11-7,12-8)14-10(4,5)6/h11-12H,1-8H3. The van der Waals surface area contributed by atoms with Crippen LogP contribution in [0.25, 0.3) is 0 Å². The lowest BCUT2D eigenvalue weighted by Crippen LogP contribution is -2.69. The Hall–Kier alpha value is 0.0569. The summed E-state index contributed by atoms with van der Waals surface area (Å²) in [7, 11) is 1.21. The summed E-state index contributed by atoms with van der Waals surface area (Å²) in [6.45, 7) is 12.1. The minimum Gasteiger partial charge on any atom is -0.366 e. The van der Waals surface area contributed by atoms with Gasteiger partial charge in [0.2, 0.25) is 0 Å². The van der Waals surface area contributed by atoms with E-state index in [0.717, 1.165) is 0 Å². The van der Waals surface area contributed by atoms with Crippen LogP contribution in [-0.4, -0.2) is 34.2 Å². The lowest BCUT2D eigenvalue weighted by atomic mass is 10.2. The van der Waals surface area contributed by atoms with Gasteiger partial charge in [-0.05, 0) is 55.6 Å². The van der Waals surface area contributed by atoms with Gasteiger partial charge in [-0.2, -0.15) is 0 Å². The first-order chi connectivity index (χ1) is 6.54. The Morgan fingerprint density at radius 2 is 1.00 bits per heavy atom. The van der Waals surface area contributed by atoms with Crippen LogP contribution in [0.4, 0.5) is 0 Å². The van der Waals surface area contributed by atoms with Gasteiger partial charge >= 0.3 is 8.88 Å². The summed E-state index contributed by atoms with van der Waals surface area (Å²) >= 11 is 0. The molecule has 0 aromatic rings. The third-order valence-electron chi connectivity index (χ3n) is 1.56. The van der Waals surface area contributed by atoms with E-state index in [1.54, 1.807) is 0 Å². The second kappa shape index (κ2) is 4.93. The topological polar surface area (TPSA) is 42.5 Å². The zero-order chi connectivity index (χ0) is 12.3. The molecule has 0 aliphatic carbocycles. The lowest BCUT2D eigenvalue weighted by Gasteiger charge is -2.39. The van der Waals surface area contributed by atoms with Crippen LogP contribution in [0, 0.1) is 0 Å². The lowest BCUT2D eigenvalue weighted by molar-refractivity contribution is 0.00344. The first-order valence-corrected chi connectivity index (χ1v) is 7.13. The number of nitrogens with one attached hydrogen (secondary N) is 2. The van der Waals surface area contributed by atoms with Crippen molar-refractivity contribution in [3.8, 4) is 0 Å². The Balaban J connectivity index is 4.74. The fourth-order valence-corrected chi connectivity index (χ4v) is 3.64. The van der Waals surface area contributed by atoms with Crippen molar-refractivity contribution in [2.45, 2.75) is 52.7 Å². The second-order valence-electron chi connectivity index (χ2n) is 5.55. The fourth-order valence-electron chi connectivity index (χ4n) is 1.21. The number of hydrogen-bond donors (Lipinski definition) is 2. The Kier molecular flexibility index (Phi) is 4.94. The van der Waals surface area contributed by atoms with Gasteiger partial charge in [0.15, 0.2) is 0 Å². The molecule has 2 N–H and O–H groups in total. The summed E-state index contributed by atoms with van der Waals surface area (Å²) < 4.78 is 12.0. The van der Waals surface area contributed by atoms with Gasteiger partial charge < -0.3 is 8.85 Å². The van der Waals surface area contributed by atoms with E-state index in [-0.39, 0.29) is 11.2 Å². The SMILES string of the molecule is CN[Si](NC)(OC(C)(C)C)OC(C)(C)C. The van der Waals surface area contributed by atoms with Gasteiger partial charge in [-0.15, -0.1) is 0 Å². The molecule has 4 nitrogen and oxygen atoms in total. The average Bonchev–Trinajstić information content (AvgIpc) is 1.98. The Morgan fingerprint density at radius 3 is 1.13 bits per heavy atom. The number of hydrogen-bond acceptors (Lipinski definition) is 4. The molecule has 0 spiro atoms. The number of rotatable bonds is 4. The zero-order valence-electron chi connectivity index (χ0n) is 11.3. The van der Waals surface area contributed by atoms with Crippen LogP contribution in [0.1, 0.15) is 41.5 Å². The van der Waals surface area contributed by atoms with Crippen LogP contribution in [-0.2, 0) is 8.85 Å². The molecule has 0 fully saturated rings. The molecular formula is C10H26N2O2Si. The summed E-state index contributed by atoms with van der Waals surface area (Å²) in [6, 6.07) is 0. The highest BCUT2D eigenvalue weighted by atomic mass is 28.4. The first-order valence-electron chi connectivity index (χ1n) is 5.32. The van der Waals surface area contributed by atoms with Gasteiger partial charge in [-0.25, -0.2) is 0 Å². The van der Waals surface area contributed by atoms with Gasteiger partial charge in [-0.3, -0.25) is 9.96 Å². The quantitative estimate of drug-likeness (QED) is 0.723. The van der Waals surface area contributed by atoms with Gasteiger partial charge in [0.05, 0.1) is 11.2 Å². The maximum absolute atomic E-state index is 5.99. The highest BCUT2D eigenvalue weighted by molar-refractivity contribution is 6.62. The zero-order valence-corrected chi connectivity index (χ0v) is 12.3. The van der Waals surface area contributed by atoms with Crippen molar-refractivity contribution in [3.63, 3.8) is 0 Å². The van der Waals surface area contributed by atoms with Crippen molar-refractivity contribution >= 4 is 8.88 Å². The van der Waals surface area contributed by atoms with E-state index < -0.39 is 8.88 Å². The summed E-state index contributed by atoms with van der Waals surface area (Å²) in [6.07, 6.45) is 0. The second-order valence-corrected chi connectivity index (χ2v) is 8.19. The molecule has 0 aromatic carbocycles. The van der Waals surface area contributed by atoms with Crippen LogP contribution >= 0.6 is 0 Å². The first kappa shape index (κ1) is 15.1. The maximum atomic E-state index is 5.99. The Bertz CT molecular complexity index is 175. The van der Waals surface area contributed by atoms with Crippen molar-refractivity contribution in [1.29, 1.82) is 0 Å². The van der Waals surface area contributed by atoms with Gasteiger partial charge in [0.25, 0.3) is 0 Å². The maximum Gasteiger partial charge on any atom is 0.517 e. The molecule has 0 unspecified atom stereocenters. The van der Waals surface area contributed by atoms with Crippen LogP contribution in [0.15, 0.2) is 0 Å². The predicted molar refractivity (Wildman–Crippen MR) is 65.5 cm³/mol. The van der Waals surface area contributed by atoms with Gasteiger partial charge in [0, 0.05) is 0 Å². The summed E-state index contributed by atoms with van der Waals surface area (Å²) in [5.74, 6) is 0. The molecule has 0 aromatic heterocycles. The van der Waals surface area contributed by atoms with Crippen molar-refractivity contribution < 1.29 is 8.85 Å². The molecule has 15 heavy (non-hydrogen) atoms. The molecule has 5 heteroatoms. The van der Waals surface area contributed by atoms with E-state index in [9.17, 15) is 0 Å². The van der Waals surface area contributed by atoms with E-state index >= 15 is 0 Å². The molecule has 0 saturated heterocycles. The monoisotopic (exact) mass is 234 g/mol. The predicted octanol–water partition coefficient (Wildman–Crippen LogP) is 1.49. The minimum atomic E-state index is -2.51. The molecule has 0 bridgehead atoms. The molecule has 0 aliphatic heterocycles. The summed E-state index contributed by atoms with van der Waals surface area (Å²) in [4.78, 5) is 6.32. The van der Waals surface area contributed by atoms with Crippen LogP contribution in [0.2, 0.25) is 0 Å². The molecule has 0 rings (SSSR count). The fraction of sp³-hybridized carbons (Fsp3) is 1.00. The molecular weight excluding hydrogens is 208 g/mol. The molecule has 0 atom stereocenters. The van der Waals surface area contributed by atoms with E-state index in [4.69, 9.17) is 8.85 Å². The van der Waals surface area contributed by atoms with Gasteiger partial charge in [0.1, 0.15) is 0 Å². The Labute approximate surface area is 95.1 Å². The third kappa shape index (κ3) is 6.27. The molecule has 0 saturated carbocycles. The smallest absolute Gasteiger partial charge is 0.366 e. The van der Waals surface area contributed by atoms with Gasteiger partial charge in [-0.1, -0.05) is 0 Å². The van der Waals surface area contributed by atoms with E-state index in [2.05, 4.69) is 9.96 Å². The van der Waals surface area contributed by atoms with Crippen LogP contribution in [0.5, 0.6) is 0 Å². The third-order valence-corrected chi connectivity index (χ3v) is 4.67. The van der Waals surface area contributed by atoms with E-state index in [1.165, 1.54) is 0 Å². The Morgan fingerprint density at radius 1 is 0.733 bits per heavy atom. The van der Waals surface area contributed by atoms with E-state index in [0.29, 0.717) is 0 Å². The average molecular weight is 234 g/mol. The molecule has 0 radical (unpaired) electrons. The van der Waals surface area contributed by atoms with Crippen LogP contribution < -0.4 is 9.96 Å². The minimum absolute atomic E-state index is 0.233. The molecule has 0 amide bonds. The van der Waals surface area contributed by atoms with Crippen molar-refractivity contribution in [3.05, 3.63) is 0 Å². The largest absolute Gasteiger partial charge is 0.517 e. The highest BCUT2D eigenvalue weighted by Gasteiger charge is 2.43. The summed E-state index contributed by atoms with van der Waals surface area (Å²) in [5, 5.41) is 0. The van der Waals surface area contributed by atoms with Crippen LogP contribution in [0.3, 0.4) is 0 Å². The summed E-state index contributed by atoms with van der Waals surface area (Å²) in [5.41, 5.74) is -0.465. The molecule has 0 heterocycles. The molecule has 0 aliphatic rings. The normalized spacial score (nSPS) is 14.4. The van der Waals surface area contributed by atoms with E-state index in [1.807, 2.05) is 55.6 Å². The van der Waals surface area contributed by atoms with Crippen molar-refractivity contribution in [2.24, 2.45) is 0 Å². The highest BCUT2D eigenvalue weighted by Crippen LogP contribution is 2.19. The molecule has 92 valence electrons. The van der Waals surface area contributed by atoms with Crippen molar-refractivity contribution in [2.75, 3.05) is 14.1 Å². The van der Waals surface area contributed by atoms with Crippen molar-refractivity contribution in [1.82, 2.24) is 9.96 Å².